The number of amides is 1. The summed E-state index contributed by atoms with van der Waals surface area (Å²) in [6, 6.07) is 9.43. The second-order valence-electron chi connectivity index (χ2n) is 6.12. The van der Waals surface area contributed by atoms with Gasteiger partial charge in [0.2, 0.25) is 0 Å². The van der Waals surface area contributed by atoms with Crippen molar-refractivity contribution in [3.8, 4) is 0 Å². The highest BCUT2D eigenvalue weighted by atomic mass is 32.1. The number of hydrazine groups is 1. The van der Waals surface area contributed by atoms with Gasteiger partial charge in [0.15, 0.2) is 0 Å². The van der Waals surface area contributed by atoms with Gasteiger partial charge in [0.1, 0.15) is 5.78 Å². The minimum atomic E-state index is -0.0816. The quantitative estimate of drug-likeness (QED) is 0.665. The Bertz CT molecular complexity index is 724. The van der Waals surface area contributed by atoms with Gasteiger partial charge in [-0.15, -0.1) is 11.3 Å². The molecule has 0 radical (unpaired) electrons. The van der Waals surface area contributed by atoms with E-state index in [1.807, 2.05) is 35.7 Å². The van der Waals surface area contributed by atoms with Crippen LogP contribution in [0.2, 0.25) is 0 Å². The summed E-state index contributed by atoms with van der Waals surface area (Å²) >= 11 is 1.69. The summed E-state index contributed by atoms with van der Waals surface area (Å²) in [5, 5.41) is 3.48. The molecule has 3 rings (SSSR count). The number of Topliss-reactive ketones (excluding diaryl/α,β-unsaturated/α-hetero) is 1. The Hall–Kier alpha value is -1.98. The number of rotatable bonds is 5. The number of hydrogen-bond acceptors (Lipinski definition) is 4. The normalized spacial score (nSPS) is 13.9. The summed E-state index contributed by atoms with van der Waals surface area (Å²) in [5.74, 6) is -0.0882. The molecule has 2 aromatic rings. The van der Waals surface area contributed by atoms with Crippen molar-refractivity contribution in [2.24, 2.45) is 0 Å². The molecule has 1 N–H and O–H groups in total. The average molecular weight is 342 g/mol. The van der Waals surface area contributed by atoms with Crippen LogP contribution in [0.5, 0.6) is 0 Å². The second kappa shape index (κ2) is 7.73. The number of fused-ring (bicyclic) bond motifs is 1. The summed E-state index contributed by atoms with van der Waals surface area (Å²) in [7, 11) is 0. The van der Waals surface area contributed by atoms with Crippen molar-refractivity contribution in [3.63, 3.8) is 0 Å². The molecule has 0 aliphatic heterocycles. The molecular formula is C19H22N2O2S. The molecule has 24 heavy (non-hydrogen) atoms. The van der Waals surface area contributed by atoms with Gasteiger partial charge in [-0.1, -0.05) is 24.6 Å². The molecule has 0 fully saturated rings. The molecule has 1 aromatic heterocycles. The molecular weight excluding hydrogens is 320 g/mol. The summed E-state index contributed by atoms with van der Waals surface area (Å²) in [5.41, 5.74) is 5.71. The molecule has 0 unspecified atom stereocenters. The number of para-hydroxylation sites is 1. The third-order valence-electron chi connectivity index (χ3n) is 4.25. The third-order valence-corrected chi connectivity index (χ3v) is 5.33. The highest BCUT2D eigenvalue weighted by molar-refractivity contribution is 7.10. The Labute approximate surface area is 146 Å². The topological polar surface area (TPSA) is 49.4 Å². The minimum absolute atomic E-state index is 0.00659. The lowest BCUT2D eigenvalue weighted by Gasteiger charge is -2.23. The van der Waals surface area contributed by atoms with Crippen LogP contribution >= 0.6 is 11.3 Å². The molecule has 0 atom stereocenters. The van der Waals surface area contributed by atoms with Crippen LogP contribution in [-0.2, 0) is 17.6 Å². The molecule has 1 aliphatic carbocycles. The first-order valence-corrected chi connectivity index (χ1v) is 9.26. The molecule has 4 nitrogen and oxygen atoms in total. The van der Waals surface area contributed by atoms with Crippen LogP contribution < -0.4 is 10.4 Å². The van der Waals surface area contributed by atoms with Gasteiger partial charge in [-0.3, -0.25) is 9.59 Å². The predicted molar refractivity (Wildman–Crippen MR) is 97.5 cm³/mol. The smallest absolute Gasteiger partial charge is 0.273 e. The minimum Gasteiger partial charge on any atom is -0.299 e. The lowest BCUT2D eigenvalue weighted by atomic mass is 10.1. The Morgan fingerprint density at radius 3 is 2.62 bits per heavy atom. The maximum atomic E-state index is 13.2. The number of thiophene rings is 1. The van der Waals surface area contributed by atoms with E-state index < -0.39 is 0 Å². The van der Waals surface area contributed by atoms with E-state index in [1.54, 1.807) is 11.3 Å². The molecule has 0 spiro atoms. The summed E-state index contributed by atoms with van der Waals surface area (Å²) in [6.07, 6.45) is 5.59. The van der Waals surface area contributed by atoms with E-state index in [4.69, 9.17) is 0 Å². The molecule has 1 heterocycles. The first-order valence-electron chi connectivity index (χ1n) is 8.38. The second-order valence-corrected chi connectivity index (χ2v) is 7.09. The first kappa shape index (κ1) is 16.9. The van der Waals surface area contributed by atoms with Crippen molar-refractivity contribution < 1.29 is 9.59 Å². The molecule has 0 bridgehead atoms. The number of nitrogens with zero attached hydrogens (tertiary/aromatic N) is 1. The Morgan fingerprint density at radius 1 is 1.12 bits per heavy atom. The average Bonchev–Trinajstić information content (AvgIpc) is 2.84. The number of benzene rings is 1. The maximum absolute atomic E-state index is 13.2. The van der Waals surface area contributed by atoms with E-state index in [0.29, 0.717) is 0 Å². The maximum Gasteiger partial charge on any atom is 0.273 e. The first-order chi connectivity index (χ1) is 11.7. The van der Waals surface area contributed by atoms with Crippen molar-refractivity contribution in [2.75, 3.05) is 11.6 Å². The fourth-order valence-corrected chi connectivity index (χ4v) is 4.14. The molecule has 0 saturated heterocycles. The SMILES string of the molecule is CC(=O)CNN(C(=O)c1csc2c1CCCCC2)c1ccccc1. The fraction of sp³-hybridized carbons (Fsp3) is 0.368. The van der Waals surface area contributed by atoms with Crippen molar-refractivity contribution in [1.82, 2.24) is 5.43 Å². The lowest BCUT2D eigenvalue weighted by molar-refractivity contribution is -0.116. The van der Waals surface area contributed by atoms with E-state index in [2.05, 4.69) is 5.43 Å². The van der Waals surface area contributed by atoms with Gasteiger partial charge in [-0.05, 0) is 50.3 Å². The Morgan fingerprint density at radius 2 is 1.88 bits per heavy atom. The number of aryl methyl sites for hydroxylation is 1. The zero-order valence-electron chi connectivity index (χ0n) is 13.9. The zero-order valence-corrected chi connectivity index (χ0v) is 14.7. The number of carbonyl (C=O) groups is 2. The highest BCUT2D eigenvalue weighted by Crippen LogP contribution is 2.30. The van der Waals surface area contributed by atoms with Crippen LogP contribution in [0.1, 0.15) is 47.0 Å². The largest absolute Gasteiger partial charge is 0.299 e. The number of anilines is 1. The number of carbonyl (C=O) groups excluding carboxylic acids is 2. The lowest BCUT2D eigenvalue weighted by Crippen LogP contribution is -2.45. The Balaban J connectivity index is 1.91. The van der Waals surface area contributed by atoms with Gasteiger partial charge < -0.3 is 0 Å². The van der Waals surface area contributed by atoms with Crippen molar-refractivity contribution >= 4 is 28.7 Å². The third kappa shape index (κ3) is 3.74. The van der Waals surface area contributed by atoms with E-state index in [-0.39, 0.29) is 18.2 Å². The van der Waals surface area contributed by atoms with Crippen molar-refractivity contribution in [1.29, 1.82) is 0 Å². The molecule has 5 heteroatoms. The fourth-order valence-electron chi connectivity index (χ4n) is 3.02. The van der Waals surface area contributed by atoms with E-state index in [1.165, 1.54) is 35.2 Å². The van der Waals surface area contributed by atoms with Gasteiger partial charge in [-0.2, -0.15) is 0 Å². The number of ketones is 1. The molecule has 1 aliphatic rings. The number of nitrogens with one attached hydrogen (secondary N) is 1. The predicted octanol–water partition coefficient (Wildman–Crippen LogP) is 3.76. The summed E-state index contributed by atoms with van der Waals surface area (Å²) < 4.78 is 0. The zero-order chi connectivity index (χ0) is 16.9. The van der Waals surface area contributed by atoms with Gasteiger partial charge >= 0.3 is 0 Å². The van der Waals surface area contributed by atoms with Crippen LogP contribution in [0.25, 0.3) is 0 Å². The molecule has 126 valence electrons. The molecule has 1 amide bonds. The van der Waals surface area contributed by atoms with Crippen LogP contribution in [0.4, 0.5) is 5.69 Å². The van der Waals surface area contributed by atoms with Crippen LogP contribution in [0.3, 0.4) is 0 Å². The number of hydrogen-bond donors (Lipinski definition) is 1. The summed E-state index contributed by atoms with van der Waals surface area (Å²) in [4.78, 5) is 25.9. The molecule has 1 aromatic carbocycles. The van der Waals surface area contributed by atoms with Gasteiger partial charge in [0.05, 0.1) is 17.8 Å². The standard InChI is InChI=1S/C19H22N2O2S/c1-14(22)12-20-21(15-8-4-2-5-9-15)19(23)17-13-24-18-11-7-3-6-10-16(17)18/h2,4-5,8-9,13,20H,3,6-7,10-12H2,1H3. The highest BCUT2D eigenvalue weighted by Gasteiger charge is 2.24. The van der Waals surface area contributed by atoms with Gasteiger partial charge in [0, 0.05) is 10.3 Å². The van der Waals surface area contributed by atoms with Crippen LogP contribution in [-0.4, -0.2) is 18.2 Å². The van der Waals surface area contributed by atoms with Gasteiger partial charge in [0.25, 0.3) is 5.91 Å². The van der Waals surface area contributed by atoms with Crippen molar-refractivity contribution in [3.05, 3.63) is 51.7 Å². The van der Waals surface area contributed by atoms with Crippen molar-refractivity contribution in [2.45, 2.75) is 39.0 Å². The monoisotopic (exact) mass is 342 g/mol. The molecule has 0 saturated carbocycles. The van der Waals surface area contributed by atoms with Crippen LogP contribution in [0, 0.1) is 0 Å². The van der Waals surface area contributed by atoms with E-state index >= 15 is 0 Å². The van der Waals surface area contributed by atoms with E-state index in [9.17, 15) is 9.59 Å². The van der Waals surface area contributed by atoms with Crippen LogP contribution in [0.15, 0.2) is 35.7 Å². The summed E-state index contributed by atoms with van der Waals surface area (Å²) in [6.45, 7) is 1.64. The Kier molecular flexibility index (Phi) is 5.43. The van der Waals surface area contributed by atoms with Gasteiger partial charge in [-0.25, -0.2) is 10.4 Å². The van der Waals surface area contributed by atoms with E-state index in [0.717, 1.165) is 30.5 Å².